The second-order valence-corrected chi connectivity index (χ2v) is 32.0. The monoisotopic (exact) mass is 1450 g/mol. The van der Waals surface area contributed by atoms with E-state index in [2.05, 4.69) is 34.6 Å². The zero-order valence-corrected chi connectivity index (χ0v) is 66.4. The molecule has 0 bridgehead atoms. The molecule has 3 unspecified atom stereocenters. The summed E-state index contributed by atoms with van der Waals surface area (Å²) in [5.41, 5.74) is 0. The Morgan fingerprint density at radius 2 is 0.485 bits per heavy atom. The van der Waals surface area contributed by atoms with Crippen molar-refractivity contribution in [1.82, 2.24) is 0 Å². The number of carbonyl (C=O) groups is 4. The van der Waals surface area contributed by atoms with Gasteiger partial charge in [0.2, 0.25) is 0 Å². The van der Waals surface area contributed by atoms with Crippen LogP contribution in [0.5, 0.6) is 0 Å². The third-order valence-corrected chi connectivity index (χ3v) is 21.0. The second-order valence-electron chi connectivity index (χ2n) is 29.1. The van der Waals surface area contributed by atoms with Gasteiger partial charge in [-0.05, 0) is 31.6 Å². The summed E-state index contributed by atoms with van der Waals surface area (Å²) in [5.74, 6) is -1.30. The molecule has 0 saturated carbocycles. The van der Waals surface area contributed by atoms with Crippen LogP contribution >= 0.6 is 15.6 Å². The van der Waals surface area contributed by atoms with Gasteiger partial charge in [0, 0.05) is 25.7 Å². The molecule has 0 fully saturated rings. The molecule has 0 heterocycles. The van der Waals surface area contributed by atoms with Gasteiger partial charge in [0.1, 0.15) is 19.3 Å². The molecule has 0 amide bonds. The third kappa shape index (κ3) is 72.8. The highest BCUT2D eigenvalue weighted by Crippen LogP contribution is 2.45. The number of esters is 4. The molecule has 0 aliphatic heterocycles. The van der Waals surface area contributed by atoms with Crippen LogP contribution in [0, 0.1) is 5.92 Å². The van der Waals surface area contributed by atoms with E-state index >= 15 is 0 Å². The molecular weight excluding hydrogens is 1290 g/mol. The van der Waals surface area contributed by atoms with Crippen LogP contribution in [-0.2, 0) is 65.4 Å². The first-order valence-electron chi connectivity index (χ1n) is 41.7. The van der Waals surface area contributed by atoms with Gasteiger partial charge in [-0.25, -0.2) is 9.13 Å². The van der Waals surface area contributed by atoms with Gasteiger partial charge < -0.3 is 33.8 Å². The van der Waals surface area contributed by atoms with Crippen molar-refractivity contribution in [3.8, 4) is 0 Å². The summed E-state index contributed by atoms with van der Waals surface area (Å²) in [6.07, 6.45) is 63.6. The normalized spacial score (nSPS) is 14.1. The summed E-state index contributed by atoms with van der Waals surface area (Å²) in [5, 5.41) is 10.6. The molecule has 0 radical (unpaired) electrons. The van der Waals surface area contributed by atoms with Crippen molar-refractivity contribution >= 4 is 39.5 Å². The predicted molar refractivity (Wildman–Crippen MR) is 405 cm³/mol. The SMILES string of the molecule is CCCCCCCCCCCCCCCCCCCCCC(=O)O[C@H](COC(=O)CCCCCCCCCCCCCCCCC)COP(=O)(O)OC[C@@H](O)COP(=O)(O)OC[C@@H](COC(=O)CCCCCCCCCCCCC)OC(=O)CCCCCCCCCCCCC(C)CC. The van der Waals surface area contributed by atoms with Gasteiger partial charge >= 0.3 is 39.5 Å². The van der Waals surface area contributed by atoms with Crippen LogP contribution in [0.15, 0.2) is 0 Å². The van der Waals surface area contributed by atoms with E-state index in [9.17, 15) is 43.2 Å². The van der Waals surface area contributed by atoms with Crippen molar-refractivity contribution < 1.29 is 80.2 Å². The van der Waals surface area contributed by atoms with Crippen LogP contribution < -0.4 is 0 Å². The number of hydrogen-bond donors (Lipinski definition) is 3. The second kappa shape index (κ2) is 73.0. The van der Waals surface area contributed by atoms with E-state index in [1.165, 1.54) is 250 Å². The smallest absolute Gasteiger partial charge is 0.462 e. The Labute approximate surface area is 607 Å². The van der Waals surface area contributed by atoms with E-state index in [1.807, 2.05) is 0 Å². The Bertz CT molecular complexity index is 1890. The topological polar surface area (TPSA) is 237 Å². The molecule has 6 atom stereocenters. The number of aliphatic hydroxyl groups excluding tert-OH is 1. The number of phosphoric ester groups is 2. The summed E-state index contributed by atoms with van der Waals surface area (Å²) in [7, 11) is -9.92. The highest BCUT2D eigenvalue weighted by molar-refractivity contribution is 7.47. The fourth-order valence-electron chi connectivity index (χ4n) is 12.4. The van der Waals surface area contributed by atoms with Crippen LogP contribution in [0.3, 0.4) is 0 Å². The summed E-state index contributed by atoms with van der Waals surface area (Å²) >= 11 is 0. The Kier molecular flexibility index (Phi) is 71.6. The van der Waals surface area contributed by atoms with Crippen LogP contribution in [0.4, 0.5) is 0 Å². The van der Waals surface area contributed by atoms with Crippen molar-refractivity contribution in [3.05, 3.63) is 0 Å². The lowest BCUT2D eigenvalue weighted by molar-refractivity contribution is -0.161. The summed E-state index contributed by atoms with van der Waals surface area (Å²) in [4.78, 5) is 73.0. The number of aliphatic hydroxyl groups is 1. The van der Waals surface area contributed by atoms with Crippen molar-refractivity contribution in [2.45, 2.75) is 445 Å². The Balaban J connectivity index is 5.25. The lowest BCUT2D eigenvalue weighted by Gasteiger charge is -2.21. The summed E-state index contributed by atoms with van der Waals surface area (Å²) in [6, 6.07) is 0. The molecule has 19 heteroatoms. The molecule has 0 aliphatic rings. The third-order valence-electron chi connectivity index (χ3n) is 19.1. The maximum Gasteiger partial charge on any atom is 0.472 e. The molecule has 0 aromatic heterocycles. The van der Waals surface area contributed by atoms with Crippen molar-refractivity contribution in [3.63, 3.8) is 0 Å². The average Bonchev–Trinajstić information content (AvgIpc) is 1.22. The lowest BCUT2D eigenvalue weighted by atomic mass is 9.99. The fourth-order valence-corrected chi connectivity index (χ4v) is 14.0. The molecule has 0 spiro atoms. The number of phosphoric acid groups is 2. The van der Waals surface area contributed by atoms with Crippen molar-refractivity contribution in [1.29, 1.82) is 0 Å². The first-order valence-corrected chi connectivity index (χ1v) is 44.7. The molecular formula is C80H156O17P2. The lowest BCUT2D eigenvalue weighted by Crippen LogP contribution is -2.30. The van der Waals surface area contributed by atoms with E-state index in [-0.39, 0.29) is 25.7 Å². The highest BCUT2D eigenvalue weighted by atomic mass is 31.2. The van der Waals surface area contributed by atoms with E-state index in [0.717, 1.165) is 95.8 Å². The molecule has 0 saturated heterocycles. The van der Waals surface area contributed by atoms with Gasteiger partial charge in [0.15, 0.2) is 12.2 Å². The van der Waals surface area contributed by atoms with Gasteiger partial charge in [-0.2, -0.15) is 0 Å². The van der Waals surface area contributed by atoms with Gasteiger partial charge in [-0.1, -0.05) is 375 Å². The highest BCUT2D eigenvalue weighted by Gasteiger charge is 2.30. The standard InChI is InChI=1S/C80H156O17P2/c1-6-10-13-16-19-22-25-27-29-30-31-32-34-36-39-45-50-55-60-65-79(84)96-75(70-91-78(83)64-59-54-49-44-38-35-33-28-26-23-20-17-14-11-7-2)71-94-98(86,87)92-67-74(81)68-93-99(88,89)95-72-76(69-90-77(82)63-58-53-48-43-37-24-21-18-15-12-8-3)97-80(85)66-61-56-51-46-41-40-42-47-52-57-62-73(5)9-4/h73-76,81H,6-72H2,1-5H3,(H,86,87)(H,88,89)/t73?,74-,75-,76-/m1/s1. The number of carbonyl (C=O) groups excluding carboxylic acids is 4. The average molecular weight is 1450 g/mol. The minimum absolute atomic E-state index is 0.107. The molecule has 0 aromatic rings. The molecule has 3 N–H and O–H groups in total. The number of ether oxygens (including phenoxy) is 4. The Morgan fingerprint density at radius 3 is 0.717 bits per heavy atom. The zero-order valence-electron chi connectivity index (χ0n) is 64.6. The van der Waals surface area contributed by atoms with Crippen LogP contribution in [0.25, 0.3) is 0 Å². The predicted octanol–water partition coefficient (Wildman–Crippen LogP) is 24.0. The van der Waals surface area contributed by atoms with Crippen LogP contribution in [0.1, 0.15) is 426 Å². The molecule has 588 valence electrons. The molecule has 0 aromatic carbocycles. The van der Waals surface area contributed by atoms with Gasteiger partial charge in [0.25, 0.3) is 0 Å². The van der Waals surface area contributed by atoms with E-state index in [0.29, 0.717) is 25.7 Å². The largest absolute Gasteiger partial charge is 0.472 e. The fraction of sp³-hybridized carbons (Fsp3) is 0.950. The molecule has 17 nitrogen and oxygen atoms in total. The maximum absolute atomic E-state index is 13.1. The number of unbranched alkanes of at least 4 members (excludes halogenated alkanes) is 51. The molecule has 99 heavy (non-hydrogen) atoms. The molecule has 0 rings (SSSR count). The maximum atomic E-state index is 13.1. The Morgan fingerprint density at radius 1 is 0.283 bits per heavy atom. The van der Waals surface area contributed by atoms with Gasteiger partial charge in [0.05, 0.1) is 26.4 Å². The van der Waals surface area contributed by atoms with Crippen LogP contribution in [-0.4, -0.2) is 96.7 Å². The minimum atomic E-state index is -4.96. The number of rotatable bonds is 80. The zero-order chi connectivity index (χ0) is 72.7. The van der Waals surface area contributed by atoms with E-state index in [1.54, 1.807) is 0 Å². The number of hydrogen-bond acceptors (Lipinski definition) is 15. The van der Waals surface area contributed by atoms with Crippen LogP contribution in [0.2, 0.25) is 0 Å². The van der Waals surface area contributed by atoms with Crippen molar-refractivity contribution in [2.24, 2.45) is 5.92 Å². The summed E-state index contributed by atoms with van der Waals surface area (Å²) < 4.78 is 68.7. The van der Waals surface area contributed by atoms with E-state index < -0.39 is 97.5 Å². The van der Waals surface area contributed by atoms with Gasteiger partial charge in [-0.15, -0.1) is 0 Å². The Hall–Kier alpha value is -1.94. The first-order chi connectivity index (χ1) is 48.1. The first kappa shape index (κ1) is 97.1. The quantitative estimate of drug-likeness (QED) is 0.0222. The minimum Gasteiger partial charge on any atom is -0.462 e. The van der Waals surface area contributed by atoms with E-state index in [4.69, 9.17) is 37.0 Å². The molecule has 0 aliphatic carbocycles. The van der Waals surface area contributed by atoms with Crippen molar-refractivity contribution in [2.75, 3.05) is 39.6 Å². The summed E-state index contributed by atoms with van der Waals surface area (Å²) in [6.45, 7) is 7.35. The van der Waals surface area contributed by atoms with Gasteiger partial charge in [-0.3, -0.25) is 37.3 Å².